The smallest absolute Gasteiger partial charge is 0.276 e. The van der Waals surface area contributed by atoms with Gasteiger partial charge in [0.15, 0.2) is 0 Å². The van der Waals surface area contributed by atoms with Gasteiger partial charge in [-0.25, -0.2) is 4.99 Å². The highest BCUT2D eigenvalue weighted by atomic mass is 16.1. The van der Waals surface area contributed by atoms with E-state index < -0.39 is 0 Å². The standard InChI is InChI=1S/C16H16N2O/c1-18(2)15-10-8-14(9-11-15)16(19)17-12-13-6-4-3-5-7-13/h3-12H,1-2H3. The van der Waals surface area contributed by atoms with Gasteiger partial charge in [0.25, 0.3) is 5.91 Å². The molecule has 0 aliphatic heterocycles. The molecule has 0 aliphatic carbocycles. The summed E-state index contributed by atoms with van der Waals surface area (Å²) in [5.74, 6) is -0.228. The Hall–Kier alpha value is -2.42. The van der Waals surface area contributed by atoms with Crippen LogP contribution < -0.4 is 4.90 Å². The molecule has 0 radical (unpaired) electrons. The molecular formula is C16H16N2O. The molecule has 0 fully saturated rings. The number of carbonyl (C=O) groups is 1. The van der Waals surface area contributed by atoms with Gasteiger partial charge in [0.05, 0.1) is 0 Å². The quantitative estimate of drug-likeness (QED) is 0.787. The van der Waals surface area contributed by atoms with Crippen molar-refractivity contribution in [2.75, 3.05) is 19.0 Å². The van der Waals surface area contributed by atoms with Crippen LogP contribution in [0.3, 0.4) is 0 Å². The Kier molecular flexibility index (Phi) is 4.08. The number of nitrogens with zero attached hydrogens (tertiary/aromatic N) is 2. The molecule has 0 saturated carbocycles. The van der Waals surface area contributed by atoms with Gasteiger partial charge in [-0.15, -0.1) is 0 Å². The zero-order chi connectivity index (χ0) is 13.7. The molecule has 2 rings (SSSR count). The molecule has 2 aromatic rings. The topological polar surface area (TPSA) is 32.7 Å². The van der Waals surface area contributed by atoms with Crippen molar-refractivity contribution >= 4 is 17.8 Å². The van der Waals surface area contributed by atoms with Gasteiger partial charge < -0.3 is 4.90 Å². The predicted octanol–water partition coefficient (Wildman–Crippen LogP) is 3.01. The van der Waals surface area contributed by atoms with E-state index in [9.17, 15) is 4.79 Å². The van der Waals surface area contributed by atoms with Crippen molar-refractivity contribution < 1.29 is 4.79 Å². The van der Waals surface area contributed by atoms with Gasteiger partial charge in [0, 0.05) is 31.6 Å². The van der Waals surface area contributed by atoms with E-state index in [4.69, 9.17) is 0 Å². The van der Waals surface area contributed by atoms with Gasteiger partial charge in [-0.1, -0.05) is 30.3 Å². The SMILES string of the molecule is CN(C)c1ccc(C(=O)N=Cc2ccccc2)cc1. The van der Waals surface area contributed by atoms with Crippen molar-refractivity contribution in [2.24, 2.45) is 4.99 Å². The number of amides is 1. The molecule has 96 valence electrons. The summed E-state index contributed by atoms with van der Waals surface area (Å²) >= 11 is 0. The minimum absolute atomic E-state index is 0.228. The van der Waals surface area contributed by atoms with E-state index >= 15 is 0 Å². The first-order chi connectivity index (χ1) is 9.16. The summed E-state index contributed by atoms with van der Waals surface area (Å²) < 4.78 is 0. The van der Waals surface area contributed by atoms with Crippen LogP contribution in [-0.4, -0.2) is 26.2 Å². The third-order valence-electron chi connectivity index (χ3n) is 2.76. The molecule has 0 heterocycles. The lowest BCUT2D eigenvalue weighted by Crippen LogP contribution is -2.08. The highest BCUT2D eigenvalue weighted by Crippen LogP contribution is 2.12. The Morgan fingerprint density at radius 2 is 1.63 bits per heavy atom. The van der Waals surface area contributed by atoms with Crippen LogP contribution in [0.5, 0.6) is 0 Å². The van der Waals surface area contributed by atoms with Crippen LogP contribution in [-0.2, 0) is 0 Å². The Bertz CT molecular complexity index is 571. The van der Waals surface area contributed by atoms with Crippen LogP contribution in [0.25, 0.3) is 0 Å². The number of hydrogen-bond acceptors (Lipinski definition) is 2. The van der Waals surface area contributed by atoms with Crippen molar-refractivity contribution in [2.45, 2.75) is 0 Å². The number of benzene rings is 2. The van der Waals surface area contributed by atoms with Gasteiger partial charge in [-0.2, -0.15) is 0 Å². The van der Waals surface area contributed by atoms with Gasteiger partial charge in [0.2, 0.25) is 0 Å². The maximum atomic E-state index is 11.9. The molecule has 0 bridgehead atoms. The lowest BCUT2D eigenvalue weighted by molar-refractivity contribution is 0.100. The van der Waals surface area contributed by atoms with Crippen LogP contribution in [0.1, 0.15) is 15.9 Å². The summed E-state index contributed by atoms with van der Waals surface area (Å²) in [5, 5.41) is 0. The monoisotopic (exact) mass is 252 g/mol. The van der Waals surface area contributed by atoms with Crippen LogP contribution >= 0.6 is 0 Å². The van der Waals surface area contributed by atoms with Gasteiger partial charge >= 0.3 is 0 Å². The highest BCUT2D eigenvalue weighted by molar-refractivity contribution is 6.01. The Labute approximate surface area is 113 Å². The summed E-state index contributed by atoms with van der Waals surface area (Å²) in [6.45, 7) is 0. The molecule has 0 spiro atoms. The normalized spacial score (nSPS) is 10.6. The van der Waals surface area contributed by atoms with E-state index in [-0.39, 0.29) is 5.91 Å². The number of anilines is 1. The Morgan fingerprint density at radius 3 is 2.21 bits per heavy atom. The average molecular weight is 252 g/mol. The van der Waals surface area contributed by atoms with Crippen molar-refractivity contribution in [1.82, 2.24) is 0 Å². The zero-order valence-corrected chi connectivity index (χ0v) is 11.1. The van der Waals surface area contributed by atoms with Crippen LogP contribution in [0.4, 0.5) is 5.69 Å². The van der Waals surface area contributed by atoms with E-state index in [1.165, 1.54) is 0 Å². The van der Waals surface area contributed by atoms with Crippen LogP contribution in [0.2, 0.25) is 0 Å². The van der Waals surface area contributed by atoms with E-state index in [1.807, 2.05) is 61.5 Å². The Morgan fingerprint density at radius 1 is 1.00 bits per heavy atom. The van der Waals surface area contributed by atoms with E-state index in [0.29, 0.717) is 5.56 Å². The van der Waals surface area contributed by atoms with Crippen molar-refractivity contribution in [3.63, 3.8) is 0 Å². The third-order valence-corrected chi connectivity index (χ3v) is 2.76. The van der Waals surface area contributed by atoms with Crippen LogP contribution in [0, 0.1) is 0 Å². The van der Waals surface area contributed by atoms with Gasteiger partial charge in [-0.05, 0) is 29.8 Å². The van der Waals surface area contributed by atoms with E-state index in [2.05, 4.69) is 4.99 Å². The summed E-state index contributed by atoms with van der Waals surface area (Å²) in [4.78, 5) is 17.8. The van der Waals surface area contributed by atoms with Crippen molar-refractivity contribution in [3.8, 4) is 0 Å². The lowest BCUT2D eigenvalue weighted by atomic mass is 10.2. The second-order valence-electron chi connectivity index (χ2n) is 4.42. The zero-order valence-electron chi connectivity index (χ0n) is 11.1. The first-order valence-electron chi connectivity index (χ1n) is 6.07. The molecule has 0 saturated heterocycles. The fraction of sp³-hybridized carbons (Fsp3) is 0.125. The molecule has 3 nitrogen and oxygen atoms in total. The maximum absolute atomic E-state index is 11.9. The average Bonchev–Trinajstić information content (AvgIpc) is 2.46. The molecule has 0 atom stereocenters. The lowest BCUT2D eigenvalue weighted by Gasteiger charge is -2.11. The van der Waals surface area contributed by atoms with Crippen molar-refractivity contribution in [1.29, 1.82) is 0 Å². The third kappa shape index (κ3) is 3.52. The second-order valence-corrected chi connectivity index (χ2v) is 4.42. The molecular weight excluding hydrogens is 236 g/mol. The number of rotatable bonds is 3. The van der Waals surface area contributed by atoms with Gasteiger partial charge in [-0.3, -0.25) is 4.79 Å². The highest BCUT2D eigenvalue weighted by Gasteiger charge is 2.03. The predicted molar refractivity (Wildman–Crippen MR) is 79.1 cm³/mol. The molecule has 0 aromatic heterocycles. The molecule has 1 amide bonds. The molecule has 0 unspecified atom stereocenters. The number of hydrogen-bond donors (Lipinski definition) is 0. The summed E-state index contributed by atoms with van der Waals surface area (Å²) in [5.41, 5.74) is 2.57. The summed E-state index contributed by atoms with van der Waals surface area (Å²) in [6.07, 6.45) is 1.59. The van der Waals surface area contributed by atoms with Gasteiger partial charge in [0.1, 0.15) is 0 Å². The molecule has 2 aromatic carbocycles. The molecule has 19 heavy (non-hydrogen) atoms. The minimum Gasteiger partial charge on any atom is -0.378 e. The number of aliphatic imine (C=N–C) groups is 1. The summed E-state index contributed by atoms with van der Waals surface area (Å²) in [6, 6.07) is 17.0. The maximum Gasteiger partial charge on any atom is 0.276 e. The number of carbonyl (C=O) groups excluding carboxylic acids is 1. The minimum atomic E-state index is -0.228. The van der Waals surface area contributed by atoms with Crippen LogP contribution in [0.15, 0.2) is 59.6 Å². The molecule has 0 aliphatic rings. The second kappa shape index (κ2) is 5.96. The fourth-order valence-electron chi connectivity index (χ4n) is 1.65. The largest absolute Gasteiger partial charge is 0.378 e. The van der Waals surface area contributed by atoms with E-state index in [0.717, 1.165) is 11.3 Å². The first kappa shape index (κ1) is 13.0. The Balaban J connectivity index is 2.10. The van der Waals surface area contributed by atoms with Crippen molar-refractivity contribution in [3.05, 3.63) is 65.7 Å². The van der Waals surface area contributed by atoms with E-state index in [1.54, 1.807) is 18.3 Å². The molecule has 0 N–H and O–H groups in total. The first-order valence-corrected chi connectivity index (χ1v) is 6.07. The fourth-order valence-corrected chi connectivity index (χ4v) is 1.65. The summed E-state index contributed by atoms with van der Waals surface area (Å²) in [7, 11) is 3.93. The molecule has 3 heteroatoms.